The molecule has 0 bridgehead atoms. The quantitative estimate of drug-likeness (QED) is 0.925. The molecule has 1 saturated heterocycles. The minimum absolute atomic E-state index is 0.0143. The fraction of sp³-hybridized carbons (Fsp3) is 0.412. The third-order valence-corrected chi connectivity index (χ3v) is 4.92. The Kier molecular flexibility index (Phi) is 4.36. The fourth-order valence-electron chi connectivity index (χ4n) is 2.83. The monoisotopic (exact) mass is 346 g/mol. The standard InChI is InChI=1S/C17H18N2O4S/c20-16(11-3-5-21-6-4-11)19-17-18-13(10-24-17)12-1-2-14-15(9-12)23-8-7-22-14/h1-2,9-11H,3-8H2,(H,18,19,20). The predicted molar refractivity (Wildman–Crippen MR) is 90.7 cm³/mol. The Morgan fingerprint density at radius 1 is 1.12 bits per heavy atom. The Hall–Kier alpha value is -2.12. The molecule has 2 aromatic rings. The summed E-state index contributed by atoms with van der Waals surface area (Å²) in [5, 5.41) is 5.48. The lowest BCUT2D eigenvalue weighted by molar-refractivity contribution is -0.122. The number of hydrogen-bond donors (Lipinski definition) is 1. The highest BCUT2D eigenvalue weighted by atomic mass is 32.1. The number of carbonyl (C=O) groups is 1. The van der Waals surface area contributed by atoms with Crippen LogP contribution in [-0.2, 0) is 9.53 Å². The molecule has 0 unspecified atom stereocenters. The number of fused-ring (bicyclic) bond motifs is 1. The molecule has 0 radical (unpaired) electrons. The number of nitrogens with one attached hydrogen (secondary N) is 1. The number of aromatic nitrogens is 1. The smallest absolute Gasteiger partial charge is 0.229 e. The van der Waals surface area contributed by atoms with Crippen LogP contribution in [0.3, 0.4) is 0 Å². The topological polar surface area (TPSA) is 69.7 Å². The van der Waals surface area contributed by atoms with Crippen LogP contribution in [0.4, 0.5) is 5.13 Å². The zero-order valence-corrected chi connectivity index (χ0v) is 13.9. The molecule has 0 saturated carbocycles. The fourth-order valence-corrected chi connectivity index (χ4v) is 3.56. The van der Waals surface area contributed by atoms with Gasteiger partial charge in [-0.2, -0.15) is 0 Å². The first-order valence-electron chi connectivity index (χ1n) is 8.04. The highest BCUT2D eigenvalue weighted by Gasteiger charge is 2.22. The van der Waals surface area contributed by atoms with E-state index in [1.54, 1.807) is 0 Å². The first kappa shape index (κ1) is 15.4. The molecule has 0 atom stereocenters. The molecule has 6 nitrogen and oxygen atoms in total. The third-order valence-electron chi connectivity index (χ3n) is 4.16. The van der Waals surface area contributed by atoms with Crippen molar-refractivity contribution in [2.24, 2.45) is 5.92 Å². The maximum absolute atomic E-state index is 12.3. The Labute approximate surface area is 143 Å². The average molecular weight is 346 g/mol. The molecule has 126 valence electrons. The number of rotatable bonds is 3. The van der Waals surface area contributed by atoms with Gasteiger partial charge >= 0.3 is 0 Å². The summed E-state index contributed by atoms with van der Waals surface area (Å²) in [5.74, 6) is 1.54. The summed E-state index contributed by atoms with van der Waals surface area (Å²) in [6.07, 6.45) is 1.54. The van der Waals surface area contributed by atoms with Crippen molar-refractivity contribution in [1.29, 1.82) is 0 Å². The zero-order valence-electron chi connectivity index (χ0n) is 13.1. The van der Waals surface area contributed by atoms with Gasteiger partial charge in [0.1, 0.15) is 13.2 Å². The number of carbonyl (C=O) groups excluding carboxylic acids is 1. The Morgan fingerprint density at radius 3 is 2.75 bits per heavy atom. The number of hydrogen-bond acceptors (Lipinski definition) is 6. The van der Waals surface area contributed by atoms with Gasteiger partial charge in [0.05, 0.1) is 5.69 Å². The molecule has 4 rings (SSSR count). The van der Waals surface area contributed by atoms with E-state index < -0.39 is 0 Å². The summed E-state index contributed by atoms with van der Waals surface area (Å²) in [6, 6.07) is 5.77. The van der Waals surface area contributed by atoms with E-state index in [2.05, 4.69) is 10.3 Å². The zero-order chi connectivity index (χ0) is 16.4. The van der Waals surface area contributed by atoms with Gasteiger partial charge in [0.15, 0.2) is 16.6 Å². The molecule has 0 aliphatic carbocycles. The molecule has 1 amide bonds. The number of anilines is 1. The molecule has 1 aromatic carbocycles. The van der Waals surface area contributed by atoms with E-state index in [9.17, 15) is 4.79 Å². The van der Waals surface area contributed by atoms with Crippen molar-refractivity contribution in [3.05, 3.63) is 23.6 Å². The lowest BCUT2D eigenvalue weighted by atomic mass is 10.00. The molecule has 0 spiro atoms. The highest BCUT2D eigenvalue weighted by molar-refractivity contribution is 7.14. The van der Waals surface area contributed by atoms with Crippen molar-refractivity contribution in [3.63, 3.8) is 0 Å². The molecule has 3 heterocycles. The minimum Gasteiger partial charge on any atom is -0.486 e. The number of ether oxygens (including phenoxy) is 3. The van der Waals surface area contributed by atoms with Crippen LogP contribution < -0.4 is 14.8 Å². The largest absolute Gasteiger partial charge is 0.486 e. The van der Waals surface area contributed by atoms with E-state index in [1.165, 1.54) is 11.3 Å². The SMILES string of the molecule is O=C(Nc1nc(-c2ccc3c(c2)OCCO3)cs1)C1CCOCC1. The summed E-state index contributed by atoms with van der Waals surface area (Å²) in [6.45, 7) is 2.43. The average Bonchev–Trinajstić information content (AvgIpc) is 3.10. The van der Waals surface area contributed by atoms with Gasteiger partial charge in [-0.05, 0) is 31.0 Å². The molecular weight excluding hydrogens is 328 g/mol. The van der Waals surface area contributed by atoms with Gasteiger partial charge < -0.3 is 19.5 Å². The summed E-state index contributed by atoms with van der Waals surface area (Å²) in [5.41, 5.74) is 1.77. The van der Waals surface area contributed by atoms with Crippen LogP contribution in [0.1, 0.15) is 12.8 Å². The normalized spacial score (nSPS) is 17.5. The second kappa shape index (κ2) is 6.78. The number of nitrogens with zero attached hydrogens (tertiary/aromatic N) is 1. The lowest BCUT2D eigenvalue weighted by Gasteiger charge is -2.20. The van der Waals surface area contributed by atoms with E-state index in [1.807, 2.05) is 23.6 Å². The number of thiazole rings is 1. The molecule has 24 heavy (non-hydrogen) atoms. The van der Waals surface area contributed by atoms with Gasteiger partial charge in [-0.1, -0.05) is 0 Å². The summed E-state index contributed by atoms with van der Waals surface area (Å²) in [4.78, 5) is 16.8. The van der Waals surface area contributed by atoms with Crippen LogP contribution in [-0.4, -0.2) is 37.3 Å². The molecular formula is C17H18N2O4S. The van der Waals surface area contributed by atoms with Crippen LogP contribution in [0.2, 0.25) is 0 Å². The predicted octanol–water partition coefficient (Wildman–Crippen LogP) is 2.95. The van der Waals surface area contributed by atoms with E-state index in [4.69, 9.17) is 14.2 Å². The van der Waals surface area contributed by atoms with Gasteiger partial charge in [0.2, 0.25) is 5.91 Å². The molecule has 2 aliphatic rings. The van der Waals surface area contributed by atoms with E-state index in [0.717, 1.165) is 35.6 Å². The van der Waals surface area contributed by atoms with Gasteiger partial charge in [-0.15, -0.1) is 11.3 Å². The Balaban J connectivity index is 1.47. The number of benzene rings is 1. The van der Waals surface area contributed by atoms with Crippen LogP contribution in [0.25, 0.3) is 11.3 Å². The van der Waals surface area contributed by atoms with Crippen LogP contribution in [0.5, 0.6) is 11.5 Å². The van der Waals surface area contributed by atoms with Crippen LogP contribution in [0, 0.1) is 5.92 Å². The van der Waals surface area contributed by atoms with Gasteiger partial charge in [-0.25, -0.2) is 4.98 Å². The van der Waals surface area contributed by atoms with Gasteiger partial charge in [0, 0.05) is 30.1 Å². The maximum atomic E-state index is 12.3. The van der Waals surface area contributed by atoms with Crippen molar-refractivity contribution in [2.75, 3.05) is 31.7 Å². The van der Waals surface area contributed by atoms with Crippen molar-refractivity contribution < 1.29 is 19.0 Å². The first-order chi connectivity index (χ1) is 11.8. The van der Waals surface area contributed by atoms with E-state index >= 15 is 0 Å². The van der Waals surface area contributed by atoms with Crippen LogP contribution >= 0.6 is 11.3 Å². The molecule has 1 N–H and O–H groups in total. The maximum Gasteiger partial charge on any atom is 0.229 e. The van der Waals surface area contributed by atoms with Gasteiger partial charge in [0.25, 0.3) is 0 Å². The third kappa shape index (κ3) is 3.22. The minimum atomic E-state index is 0.0143. The Morgan fingerprint density at radius 2 is 1.92 bits per heavy atom. The Bertz CT molecular complexity index is 740. The summed E-state index contributed by atoms with van der Waals surface area (Å²) in [7, 11) is 0. The highest BCUT2D eigenvalue weighted by Crippen LogP contribution is 2.35. The lowest BCUT2D eigenvalue weighted by Crippen LogP contribution is -2.28. The molecule has 1 fully saturated rings. The van der Waals surface area contributed by atoms with Crippen molar-refractivity contribution >= 4 is 22.4 Å². The molecule has 2 aliphatic heterocycles. The van der Waals surface area contributed by atoms with Gasteiger partial charge in [-0.3, -0.25) is 4.79 Å². The molecule has 1 aromatic heterocycles. The van der Waals surface area contributed by atoms with Crippen molar-refractivity contribution in [1.82, 2.24) is 4.98 Å². The molecule has 7 heteroatoms. The van der Waals surface area contributed by atoms with Crippen LogP contribution in [0.15, 0.2) is 23.6 Å². The van der Waals surface area contributed by atoms with Crippen molar-refractivity contribution in [2.45, 2.75) is 12.8 Å². The second-order valence-corrected chi connectivity index (χ2v) is 6.63. The van der Waals surface area contributed by atoms with Crippen molar-refractivity contribution in [3.8, 4) is 22.8 Å². The second-order valence-electron chi connectivity index (χ2n) is 5.77. The summed E-state index contributed by atoms with van der Waals surface area (Å²) >= 11 is 1.43. The van der Waals surface area contributed by atoms with E-state index in [-0.39, 0.29) is 11.8 Å². The van der Waals surface area contributed by atoms with E-state index in [0.29, 0.717) is 31.6 Å². The first-order valence-corrected chi connectivity index (χ1v) is 8.92. The number of amides is 1. The summed E-state index contributed by atoms with van der Waals surface area (Å²) < 4.78 is 16.4.